The average molecular weight is 397 g/mol. The lowest BCUT2D eigenvalue weighted by atomic mass is 10.0. The number of pyridine rings is 1. The van der Waals surface area contributed by atoms with Gasteiger partial charge in [0.2, 0.25) is 5.91 Å². The lowest BCUT2D eigenvalue weighted by Gasteiger charge is -2.07. The molecule has 30 heavy (non-hydrogen) atoms. The van der Waals surface area contributed by atoms with Crippen molar-refractivity contribution in [3.05, 3.63) is 66.1 Å². The highest BCUT2D eigenvalue weighted by atomic mass is 16.2. The van der Waals surface area contributed by atoms with E-state index in [9.17, 15) is 9.59 Å². The third kappa shape index (κ3) is 4.03. The van der Waals surface area contributed by atoms with Crippen molar-refractivity contribution in [3.8, 4) is 34.5 Å². The van der Waals surface area contributed by atoms with Gasteiger partial charge in [-0.1, -0.05) is 24.0 Å². The Bertz CT molecular complexity index is 1180. The molecule has 1 aliphatic rings. The summed E-state index contributed by atoms with van der Waals surface area (Å²) in [5.41, 5.74) is 8.35. The van der Waals surface area contributed by atoms with E-state index >= 15 is 0 Å². The summed E-state index contributed by atoms with van der Waals surface area (Å²) < 4.78 is 0. The molecule has 0 aliphatic carbocycles. The van der Waals surface area contributed by atoms with E-state index in [2.05, 4.69) is 26.8 Å². The van der Waals surface area contributed by atoms with Gasteiger partial charge in [-0.3, -0.25) is 9.59 Å². The number of likely N-dealkylation sites (tertiary alicyclic amines) is 1. The van der Waals surface area contributed by atoms with Gasteiger partial charge in [0.25, 0.3) is 5.91 Å². The highest BCUT2D eigenvalue weighted by molar-refractivity contribution is 5.93. The van der Waals surface area contributed by atoms with Crippen LogP contribution < -0.4 is 5.73 Å². The van der Waals surface area contributed by atoms with Gasteiger partial charge >= 0.3 is 0 Å². The van der Waals surface area contributed by atoms with Gasteiger partial charge in [-0.15, -0.1) is 0 Å². The number of primary amides is 1. The lowest BCUT2D eigenvalue weighted by molar-refractivity contribution is -0.128. The third-order valence-corrected chi connectivity index (χ3v) is 4.88. The van der Waals surface area contributed by atoms with E-state index in [4.69, 9.17) is 5.73 Å². The summed E-state index contributed by atoms with van der Waals surface area (Å²) in [7, 11) is 1.79. The molecule has 1 saturated heterocycles. The first kappa shape index (κ1) is 19.3. The zero-order valence-corrected chi connectivity index (χ0v) is 16.4. The van der Waals surface area contributed by atoms with Gasteiger partial charge < -0.3 is 10.6 Å². The van der Waals surface area contributed by atoms with Gasteiger partial charge in [-0.05, 0) is 36.8 Å². The van der Waals surface area contributed by atoms with E-state index in [0.29, 0.717) is 17.1 Å². The van der Waals surface area contributed by atoms with Gasteiger partial charge in [0.1, 0.15) is 11.6 Å². The summed E-state index contributed by atoms with van der Waals surface area (Å²) in [5.74, 6) is 5.79. The maximum absolute atomic E-state index is 12.0. The van der Waals surface area contributed by atoms with Crippen LogP contribution in [0.5, 0.6) is 0 Å². The topological polar surface area (TPSA) is 102 Å². The van der Waals surface area contributed by atoms with Crippen molar-refractivity contribution in [2.75, 3.05) is 13.6 Å². The first-order valence-corrected chi connectivity index (χ1v) is 9.47. The van der Waals surface area contributed by atoms with Crippen molar-refractivity contribution in [3.63, 3.8) is 0 Å². The van der Waals surface area contributed by atoms with Crippen molar-refractivity contribution < 1.29 is 9.59 Å². The summed E-state index contributed by atoms with van der Waals surface area (Å²) in [6.45, 7) is 0.729. The molecule has 3 aromatic rings. The average Bonchev–Trinajstić information content (AvgIpc) is 3.10. The van der Waals surface area contributed by atoms with E-state index in [1.807, 2.05) is 30.3 Å². The maximum atomic E-state index is 12.0. The predicted octanol–water partition coefficient (Wildman–Crippen LogP) is 2.13. The Kier molecular flexibility index (Phi) is 5.22. The molecular formula is C23H19N5O2. The number of hydrogen-bond acceptors (Lipinski definition) is 5. The lowest BCUT2D eigenvalue weighted by Crippen LogP contribution is -2.21. The number of hydrogen-bond donors (Lipinski definition) is 1. The molecule has 1 atom stereocenters. The monoisotopic (exact) mass is 397 g/mol. The van der Waals surface area contributed by atoms with Crippen LogP contribution in [0.4, 0.5) is 0 Å². The molecule has 148 valence electrons. The Balaban J connectivity index is 1.71. The Labute approximate surface area is 174 Å². The molecule has 0 bridgehead atoms. The van der Waals surface area contributed by atoms with Gasteiger partial charge in [-0.25, -0.2) is 15.0 Å². The van der Waals surface area contributed by atoms with Gasteiger partial charge in [0.05, 0.1) is 5.69 Å². The number of nitrogens with zero attached hydrogens (tertiary/aromatic N) is 4. The molecule has 1 aliphatic heterocycles. The molecule has 1 fully saturated rings. The Morgan fingerprint density at radius 2 is 1.93 bits per heavy atom. The molecule has 1 unspecified atom stereocenters. The van der Waals surface area contributed by atoms with E-state index in [-0.39, 0.29) is 17.5 Å². The fourth-order valence-electron chi connectivity index (χ4n) is 3.27. The Hall–Kier alpha value is -4.05. The molecule has 4 rings (SSSR count). The standard InChI is InChI=1S/C23H19N5O2/c1-28-11-8-16(23(28)30)7-6-15-4-2-5-17(12-15)19-13-18(14-20(27-19)21(24)29)22-25-9-3-10-26-22/h2-5,9-10,12-14,16H,8,11H2,1H3,(H2,24,29). The molecule has 0 spiro atoms. The number of aromatic nitrogens is 3. The second-order valence-corrected chi connectivity index (χ2v) is 7.01. The van der Waals surface area contributed by atoms with Crippen LogP contribution in [0.1, 0.15) is 22.5 Å². The number of amides is 2. The summed E-state index contributed by atoms with van der Waals surface area (Å²) >= 11 is 0. The molecule has 3 heterocycles. The quantitative estimate of drug-likeness (QED) is 0.682. The minimum Gasteiger partial charge on any atom is -0.364 e. The normalized spacial score (nSPS) is 15.6. The Morgan fingerprint density at radius 1 is 1.13 bits per heavy atom. The second-order valence-electron chi connectivity index (χ2n) is 7.01. The smallest absolute Gasteiger partial charge is 0.267 e. The number of nitrogens with two attached hydrogens (primary N) is 1. The first-order valence-electron chi connectivity index (χ1n) is 9.47. The van der Waals surface area contributed by atoms with E-state index in [1.54, 1.807) is 36.5 Å². The number of rotatable bonds is 3. The van der Waals surface area contributed by atoms with Crippen molar-refractivity contribution >= 4 is 11.8 Å². The minimum atomic E-state index is -0.631. The molecule has 7 nitrogen and oxygen atoms in total. The SMILES string of the molecule is CN1CCC(C#Cc2cccc(-c3cc(-c4ncccn4)cc(C(N)=O)n3)c2)C1=O. The van der Waals surface area contributed by atoms with Gasteiger partial charge in [0.15, 0.2) is 5.82 Å². The second kappa shape index (κ2) is 8.13. The fraction of sp³-hybridized carbons (Fsp3) is 0.174. The van der Waals surface area contributed by atoms with Gasteiger partial charge in [-0.2, -0.15) is 0 Å². The molecule has 2 amide bonds. The largest absolute Gasteiger partial charge is 0.364 e. The van der Waals surface area contributed by atoms with E-state index in [0.717, 1.165) is 24.1 Å². The van der Waals surface area contributed by atoms with Crippen LogP contribution in [-0.4, -0.2) is 45.3 Å². The van der Waals surface area contributed by atoms with Crippen LogP contribution in [-0.2, 0) is 4.79 Å². The van der Waals surface area contributed by atoms with Crippen LogP contribution >= 0.6 is 0 Å². The predicted molar refractivity (Wildman–Crippen MR) is 112 cm³/mol. The zero-order valence-electron chi connectivity index (χ0n) is 16.4. The van der Waals surface area contributed by atoms with Crippen LogP contribution in [0.15, 0.2) is 54.9 Å². The highest BCUT2D eigenvalue weighted by Gasteiger charge is 2.27. The summed E-state index contributed by atoms with van der Waals surface area (Å²) in [6.07, 6.45) is 4.00. The number of carbonyl (C=O) groups excluding carboxylic acids is 2. The van der Waals surface area contributed by atoms with Crippen molar-refractivity contribution in [1.82, 2.24) is 19.9 Å². The van der Waals surface area contributed by atoms with E-state index in [1.165, 1.54) is 0 Å². The van der Waals surface area contributed by atoms with Crippen LogP contribution in [0.2, 0.25) is 0 Å². The van der Waals surface area contributed by atoms with Crippen molar-refractivity contribution in [1.29, 1.82) is 0 Å². The molecular weight excluding hydrogens is 378 g/mol. The fourth-order valence-corrected chi connectivity index (χ4v) is 3.27. The van der Waals surface area contributed by atoms with Crippen LogP contribution in [0.3, 0.4) is 0 Å². The first-order chi connectivity index (χ1) is 14.5. The number of carbonyl (C=O) groups is 2. The van der Waals surface area contributed by atoms with Crippen molar-refractivity contribution in [2.24, 2.45) is 11.7 Å². The molecule has 2 N–H and O–H groups in total. The molecule has 0 saturated carbocycles. The summed E-state index contributed by atoms with van der Waals surface area (Å²) in [5, 5.41) is 0. The molecule has 1 aromatic carbocycles. The van der Waals surface area contributed by atoms with E-state index < -0.39 is 5.91 Å². The third-order valence-electron chi connectivity index (χ3n) is 4.88. The summed E-state index contributed by atoms with van der Waals surface area (Å²) in [6, 6.07) is 12.6. The summed E-state index contributed by atoms with van der Waals surface area (Å²) in [4.78, 5) is 38.4. The van der Waals surface area contributed by atoms with Crippen molar-refractivity contribution in [2.45, 2.75) is 6.42 Å². The highest BCUT2D eigenvalue weighted by Crippen LogP contribution is 2.25. The number of benzene rings is 1. The van der Waals surface area contributed by atoms with Crippen LogP contribution in [0, 0.1) is 17.8 Å². The van der Waals surface area contributed by atoms with Gasteiger partial charge in [0, 0.05) is 42.7 Å². The Morgan fingerprint density at radius 3 is 2.63 bits per heavy atom. The molecule has 7 heteroatoms. The maximum Gasteiger partial charge on any atom is 0.267 e. The minimum absolute atomic E-state index is 0.0574. The van der Waals surface area contributed by atoms with Crippen LogP contribution in [0.25, 0.3) is 22.6 Å². The zero-order chi connectivity index (χ0) is 21.1. The molecule has 0 radical (unpaired) electrons. The molecule has 2 aromatic heterocycles.